The van der Waals surface area contributed by atoms with Crippen LogP contribution in [-0.2, 0) is 0 Å². The van der Waals surface area contributed by atoms with E-state index in [4.69, 9.17) is 22.5 Å². The number of nitrogens with zero attached hydrogens (tertiary/aromatic N) is 3. The van der Waals surface area contributed by atoms with Crippen LogP contribution >= 0.6 is 11.6 Å². The molecule has 0 amide bonds. The summed E-state index contributed by atoms with van der Waals surface area (Å²) in [6, 6.07) is 2.14. The number of aromatic nitrogens is 1. The first kappa shape index (κ1) is 13.9. The van der Waals surface area contributed by atoms with Crippen LogP contribution in [0.3, 0.4) is 0 Å². The lowest BCUT2D eigenvalue weighted by Crippen LogP contribution is -2.34. The topological polar surface area (TPSA) is 74.7 Å². The number of pyridine rings is 1. The molecular formula is C13H19ClN4O. The molecule has 2 rings (SSSR count). The highest BCUT2D eigenvalue weighted by Gasteiger charge is 2.25. The number of hydrogen-bond acceptors (Lipinski definition) is 4. The first-order valence-electron chi connectivity index (χ1n) is 6.58. The van der Waals surface area contributed by atoms with Crippen LogP contribution < -0.4 is 10.6 Å². The quantitative estimate of drug-likeness (QED) is 0.385. The van der Waals surface area contributed by atoms with Crippen LogP contribution in [0.1, 0.15) is 38.2 Å². The maximum Gasteiger partial charge on any atom is 0.171 e. The van der Waals surface area contributed by atoms with E-state index in [0.29, 0.717) is 16.6 Å². The molecule has 5 nitrogen and oxygen atoms in total. The second-order valence-corrected chi connectivity index (χ2v) is 5.08. The normalized spacial score (nSPS) is 16.8. The molecule has 1 aliphatic rings. The molecule has 0 unspecified atom stereocenters. The second kappa shape index (κ2) is 6.10. The van der Waals surface area contributed by atoms with Crippen molar-refractivity contribution in [3.05, 3.63) is 22.8 Å². The predicted molar refractivity (Wildman–Crippen MR) is 77.0 cm³/mol. The fourth-order valence-corrected chi connectivity index (χ4v) is 3.00. The van der Waals surface area contributed by atoms with Crippen LogP contribution in [0, 0.1) is 0 Å². The Morgan fingerprint density at radius 3 is 2.84 bits per heavy atom. The van der Waals surface area contributed by atoms with Gasteiger partial charge in [-0.05, 0) is 25.8 Å². The lowest BCUT2D eigenvalue weighted by Gasteiger charge is -2.29. The summed E-state index contributed by atoms with van der Waals surface area (Å²) in [5, 5.41) is 12.2. The fourth-order valence-electron chi connectivity index (χ4n) is 2.68. The SMILES string of the molecule is CCN(c1nccc(/C(N)=N/O)c1Cl)C1CCCC1. The van der Waals surface area contributed by atoms with Crippen molar-refractivity contribution in [1.29, 1.82) is 0 Å². The van der Waals surface area contributed by atoms with Gasteiger partial charge in [-0.2, -0.15) is 0 Å². The van der Waals surface area contributed by atoms with Gasteiger partial charge in [-0.15, -0.1) is 0 Å². The summed E-state index contributed by atoms with van der Waals surface area (Å²) in [6.45, 7) is 2.93. The largest absolute Gasteiger partial charge is 0.409 e. The van der Waals surface area contributed by atoms with Crippen LogP contribution in [0.15, 0.2) is 17.4 Å². The van der Waals surface area contributed by atoms with E-state index in [-0.39, 0.29) is 5.84 Å². The van der Waals surface area contributed by atoms with Crippen LogP contribution in [-0.4, -0.2) is 28.6 Å². The Hall–Kier alpha value is -1.49. The Kier molecular flexibility index (Phi) is 4.47. The Balaban J connectivity index is 2.37. The minimum Gasteiger partial charge on any atom is -0.409 e. The van der Waals surface area contributed by atoms with Crippen LogP contribution in [0.2, 0.25) is 5.02 Å². The van der Waals surface area contributed by atoms with Gasteiger partial charge in [-0.25, -0.2) is 4.98 Å². The summed E-state index contributed by atoms with van der Waals surface area (Å²) in [7, 11) is 0. The lowest BCUT2D eigenvalue weighted by molar-refractivity contribution is 0.318. The number of anilines is 1. The average molecular weight is 283 g/mol. The van der Waals surface area contributed by atoms with Crippen LogP contribution in [0.4, 0.5) is 5.82 Å². The molecule has 0 atom stereocenters. The van der Waals surface area contributed by atoms with E-state index in [1.54, 1.807) is 12.3 Å². The van der Waals surface area contributed by atoms with Gasteiger partial charge in [0, 0.05) is 24.3 Å². The van der Waals surface area contributed by atoms with Gasteiger partial charge < -0.3 is 15.8 Å². The number of hydrogen-bond donors (Lipinski definition) is 2. The van der Waals surface area contributed by atoms with Crippen LogP contribution in [0.25, 0.3) is 0 Å². The Bertz CT molecular complexity index is 472. The van der Waals surface area contributed by atoms with Gasteiger partial charge in [0.2, 0.25) is 0 Å². The lowest BCUT2D eigenvalue weighted by atomic mass is 10.2. The molecule has 6 heteroatoms. The number of rotatable bonds is 4. The summed E-state index contributed by atoms with van der Waals surface area (Å²) in [4.78, 5) is 6.58. The third-order valence-electron chi connectivity index (χ3n) is 3.63. The number of oxime groups is 1. The molecule has 19 heavy (non-hydrogen) atoms. The Morgan fingerprint density at radius 1 is 1.58 bits per heavy atom. The summed E-state index contributed by atoms with van der Waals surface area (Å²) >= 11 is 6.36. The molecule has 0 bridgehead atoms. The number of amidine groups is 1. The molecule has 1 heterocycles. The number of halogens is 1. The summed E-state index contributed by atoms with van der Waals surface area (Å²) < 4.78 is 0. The molecule has 0 radical (unpaired) electrons. The minimum absolute atomic E-state index is 0.0103. The highest BCUT2D eigenvalue weighted by molar-refractivity contribution is 6.36. The zero-order chi connectivity index (χ0) is 13.8. The van der Waals surface area contributed by atoms with Gasteiger partial charge in [0.15, 0.2) is 5.84 Å². The highest BCUT2D eigenvalue weighted by atomic mass is 35.5. The van der Waals surface area contributed by atoms with E-state index in [9.17, 15) is 0 Å². The Morgan fingerprint density at radius 2 is 2.26 bits per heavy atom. The van der Waals surface area contributed by atoms with Gasteiger partial charge in [0.25, 0.3) is 0 Å². The monoisotopic (exact) mass is 282 g/mol. The van der Waals surface area contributed by atoms with Crippen molar-refractivity contribution in [1.82, 2.24) is 4.98 Å². The van der Waals surface area contributed by atoms with E-state index < -0.39 is 0 Å². The van der Waals surface area contributed by atoms with Gasteiger partial charge in [-0.1, -0.05) is 29.6 Å². The molecule has 1 saturated carbocycles. The molecule has 3 N–H and O–H groups in total. The predicted octanol–water partition coefficient (Wildman–Crippen LogP) is 2.60. The van der Waals surface area contributed by atoms with Crippen molar-refractivity contribution in [2.75, 3.05) is 11.4 Å². The molecule has 0 aliphatic heterocycles. The van der Waals surface area contributed by atoms with Crippen molar-refractivity contribution in [2.45, 2.75) is 38.6 Å². The molecular weight excluding hydrogens is 264 g/mol. The van der Waals surface area contributed by atoms with Gasteiger partial charge >= 0.3 is 0 Å². The molecule has 1 aromatic heterocycles. The molecule has 1 fully saturated rings. The van der Waals surface area contributed by atoms with Crippen molar-refractivity contribution >= 4 is 23.3 Å². The first-order valence-corrected chi connectivity index (χ1v) is 6.95. The minimum atomic E-state index is 0.0103. The standard InChI is InChI=1S/C13H19ClN4O/c1-2-18(9-5-3-4-6-9)13-11(14)10(7-8-16-13)12(15)17-19/h7-9,19H,2-6H2,1H3,(H2,15,17). The molecule has 1 aliphatic carbocycles. The van der Waals surface area contributed by atoms with Gasteiger partial charge in [-0.3, -0.25) is 0 Å². The van der Waals surface area contributed by atoms with Crippen molar-refractivity contribution in [3.63, 3.8) is 0 Å². The van der Waals surface area contributed by atoms with E-state index in [1.165, 1.54) is 25.7 Å². The van der Waals surface area contributed by atoms with Crippen molar-refractivity contribution < 1.29 is 5.21 Å². The smallest absolute Gasteiger partial charge is 0.171 e. The van der Waals surface area contributed by atoms with Gasteiger partial charge in [0.05, 0.1) is 5.02 Å². The fraction of sp³-hybridized carbons (Fsp3) is 0.538. The van der Waals surface area contributed by atoms with E-state index in [2.05, 4.69) is 22.0 Å². The third kappa shape index (κ3) is 2.76. The van der Waals surface area contributed by atoms with E-state index in [0.717, 1.165) is 12.4 Å². The number of nitrogens with two attached hydrogens (primary N) is 1. The summed E-state index contributed by atoms with van der Waals surface area (Å²) in [5.41, 5.74) is 6.15. The zero-order valence-electron chi connectivity index (χ0n) is 11.0. The maximum absolute atomic E-state index is 8.78. The van der Waals surface area contributed by atoms with E-state index >= 15 is 0 Å². The van der Waals surface area contributed by atoms with Crippen molar-refractivity contribution in [3.8, 4) is 0 Å². The molecule has 1 aromatic rings. The zero-order valence-corrected chi connectivity index (χ0v) is 11.8. The van der Waals surface area contributed by atoms with Gasteiger partial charge in [0.1, 0.15) is 5.82 Å². The molecule has 0 spiro atoms. The Labute approximate surface area is 118 Å². The molecule has 104 valence electrons. The first-order chi connectivity index (χ1) is 9.19. The maximum atomic E-state index is 8.78. The highest BCUT2D eigenvalue weighted by Crippen LogP contribution is 2.32. The van der Waals surface area contributed by atoms with Crippen LogP contribution in [0.5, 0.6) is 0 Å². The van der Waals surface area contributed by atoms with E-state index in [1.807, 2.05) is 0 Å². The average Bonchev–Trinajstić information content (AvgIpc) is 2.94. The summed E-state index contributed by atoms with van der Waals surface area (Å²) in [5.74, 6) is 0.733. The summed E-state index contributed by atoms with van der Waals surface area (Å²) in [6.07, 6.45) is 6.48. The molecule has 0 aromatic carbocycles. The second-order valence-electron chi connectivity index (χ2n) is 4.71. The van der Waals surface area contributed by atoms with Crippen molar-refractivity contribution in [2.24, 2.45) is 10.9 Å². The third-order valence-corrected chi connectivity index (χ3v) is 4.01. The molecule has 0 saturated heterocycles.